The number of aromatic nitrogens is 4. The van der Waals surface area contributed by atoms with Crippen LogP contribution in [0.25, 0.3) is 32.9 Å². The molecule has 9 nitrogen and oxygen atoms in total. The fourth-order valence-corrected chi connectivity index (χ4v) is 5.75. The number of nitrogens with zero attached hydrogens (tertiary/aromatic N) is 5. The van der Waals surface area contributed by atoms with Gasteiger partial charge in [-0.15, -0.1) is 0 Å². The van der Waals surface area contributed by atoms with Gasteiger partial charge in [0.2, 0.25) is 11.9 Å². The molecular formula is C28H29ClFN7O2. The average molecular weight is 550 g/mol. The van der Waals surface area contributed by atoms with E-state index < -0.39 is 5.82 Å². The van der Waals surface area contributed by atoms with Gasteiger partial charge in [0, 0.05) is 67.3 Å². The standard InChI is InChI=1S/C28H29ClFN7O2/c1-3-22(38)36-8-10-37(11-9-36)27-18-14-20(29)24(23-16(2)4-5-21-19(23)15-31-35-21)25(30)26(18)33-28(34-27)32-17-6-12-39-13-7-17/h3-5,14-15,17H,1,6-13H2,2H3,(H,31,35)(H,32,33,34). The molecule has 0 bridgehead atoms. The SMILES string of the molecule is C=CC(=O)N1CCN(c2nc(NC3CCOCC3)nc3c(F)c(-c4c(C)ccc5[nH]ncc45)c(Cl)cc23)CC1. The number of carbonyl (C=O) groups excluding carboxylic acids is 1. The predicted molar refractivity (Wildman–Crippen MR) is 151 cm³/mol. The minimum Gasteiger partial charge on any atom is -0.381 e. The van der Waals surface area contributed by atoms with E-state index in [9.17, 15) is 4.79 Å². The molecule has 0 unspecified atom stereocenters. The van der Waals surface area contributed by atoms with Crippen LogP contribution in [0.15, 0.2) is 37.1 Å². The molecule has 39 heavy (non-hydrogen) atoms. The first-order chi connectivity index (χ1) is 18.9. The van der Waals surface area contributed by atoms with Gasteiger partial charge >= 0.3 is 0 Å². The molecule has 0 aliphatic carbocycles. The number of piperazine rings is 1. The number of benzene rings is 2. The van der Waals surface area contributed by atoms with Gasteiger partial charge in [-0.25, -0.2) is 9.37 Å². The summed E-state index contributed by atoms with van der Waals surface area (Å²) in [6.45, 7) is 8.92. The Morgan fingerprint density at radius 1 is 1.18 bits per heavy atom. The summed E-state index contributed by atoms with van der Waals surface area (Å²) in [5.74, 6) is 0.338. The number of nitrogens with one attached hydrogen (secondary N) is 2. The Morgan fingerprint density at radius 2 is 1.95 bits per heavy atom. The predicted octanol–water partition coefficient (Wildman–Crippen LogP) is 4.70. The first-order valence-corrected chi connectivity index (χ1v) is 13.5. The molecule has 2 N–H and O–H groups in total. The number of fused-ring (bicyclic) bond motifs is 2. The van der Waals surface area contributed by atoms with E-state index in [2.05, 4.69) is 32.0 Å². The highest BCUT2D eigenvalue weighted by Crippen LogP contribution is 2.42. The van der Waals surface area contributed by atoms with Crippen LogP contribution in [0.1, 0.15) is 18.4 Å². The number of rotatable bonds is 5. The van der Waals surface area contributed by atoms with Crippen molar-refractivity contribution in [1.29, 1.82) is 0 Å². The van der Waals surface area contributed by atoms with E-state index in [1.54, 1.807) is 17.2 Å². The van der Waals surface area contributed by atoms with Gasteiger partial charge in [-0.1, -0.05) is 24.2 Å². The lowest BCUT2D eigenvalue weighted by molar-refractivity contribution is -0.126. The van der Waals surface area contributed by atoms with E-state index >= 15 is 4.39 Å². The number of anilines is 2. The molecule has 4 heterocycles. The zero-order chi connectivity index (χ0) is 27.1. The zero-order valence-corrected chi connectivity index (χ0v) is 22.4. The quantitative estimate of drug-likeness (QED) is 0.348. The van der Waals surface area contributed by atoms with Gasteiger partial charge in [0.05, 0.1) is 16.7 Å². The van der Waals surface area contributed by atoms with Gasteiger partial charge in [0.15, 0.2) is 5.82 Å². The number of ether oxygens (including phenoxy) is 1. The van der Waals surface area contributed by atoms with Crippen molar-refractivity contribution in [2.75, 3.05) is 49.6 Å². The Hall–Kier alpha value is -3.76. The van der Waals surface area contributed by atoms with Crippen LogP contribution < -0.4 is 10.2 Å². The molecule has 2 aliphatic heterocycles. The normalized spacial score (nSPS) is 16.7. The maximum absolute atomic E-state index is 16.6. The molecule has 0 atom stereocenters. The van der Waals surface area contributed by atoms with E-state index in [1.165, 1.54) is 6.08 Å². The highest BCUT2D eigenvalue weighted by molar-refractivity contribution is 6.35. The number of hydrogen-bond donors (Lipinski definition) is 2. The Kier molecular flexibility index (Phi) is 6.82. The molecule has 2 saturated heterocycles. The Morgan fingerprint density at radius 3 is 2.69 bits per heavy atom. The van der Waals surface area contributed by atoms with Crippen LogP contribution >= 0.6 is 11.6 Å². The summed E-state index contributed by atoms with van der Waals surface area (Å²) in [7, 11) is 0. The van der Waals surface area contributed by atoms with Crippen LogP contribution in [0.2, 0.25) is 5.02 Å². The fourth-order valence-electron chi connectivity index (χ4n) is 5.47. The Balaban J connectivity index is 1.49. The zero-order valence-electron chi connectivity index (χ0n) is 21.6. The van der Waals surface area contributed by atoms with Crippen molar-refractivity contribution >= 4 is 51.1 Å². The summed E-state index contributed by atoms with van der Waals surface area (Å²) in [4.78, 5) is 25.5. The molecule has 2 aliphatic rings. The van der Waals surface area contributed by atoms with Gasteiger partial charge in [0.1, 0.15) is 11.3 Å². The van der Waals surface area contributed by atoms with Crippen LogP contribution in [0.4, 0.5) is 16.2 Å². The molecule has 2 fully saturated rings. The van der Waals surface area contributed by atoms with Crippen LogP contribution in [-0.4, -0.2) is 76.4 Å². The molecule has 6 rings (SSSR count). The van der Waals surface area contributed by atoms with Gasteiger partial charge in [-0.3, -0.25) is 9.89 Å². The highest BCUT2D eigenvalue weighted by Gasteiger charge is 2.27. The topological polar surface area (TPSA) is 99.3 Å². The molecular weight excluding hydrogens is 521 g/mol. The van der Waals surface area contributed by atoms with E-state index in [0.29, 0.717) is 62.1 Å². The monoisotopic (exact) mass is 549 g/mol. The van der Waals surface area contributed by atoms with Gasteiger partial charge in [0.25, 0.3) is 0 Å². The van der Waals surface area contributed by atoms with Crippen LogP contribution in [-0.2, 0) is 9.53 Å². The fraction of sp³-hybridized carbons (Fsp3) is 0.357. The van der Waals surface area contributed by atoms with E-state index in [0.717, 1.165) is 29.3 Å². The third-order valence-corrected chi connectivity index (χ3v) is 7.86. The van der Waals surface area contributed by atoms with Crippen LogP contribution in [0.3, 0.4) is 0 Å². The number of carbonyl (C=O) groups is 1. The molecule has 202 valence electrons. The second-order valence-electron chi connectivity index (χ2n) is 9.95. The molecule has 2 aromatic heterocycles. The summed E-state index contributed by atoms with van der Waals surface area (Å²) in [6.07, 6.45) is 4.64. The lowest BCUT2D eigenvalue weighted by atomic mass is 9.95. The maximum atomic E-state index is 16.6. The van der Waals surface area contributed by atoms with Crippen LogP contribution in [0.5, 0.6) is 0 Å². The molecule has 0 radical (unpaired) electrons. The second kappa shape index (κ2) is 10.4. The van der Waals surface area contributed by atoms with Crippen LogP contribution in [0, 0.1) is 12.7 Å². The Labute approximate surface area is 230 Å². The smallest absolute Gasteiger partial charge is 0.246 e. The number of amides is 1. The molecule has 2 aromatic carbocycles. The van der Waals surface area contributed by atoms with E-state index in [1.807, 2.05) is 19.1 Å². The van der Waals surface area contributed by atoms with E-state index in [-0.39, 0.29) is 28.1 Å². The van der Waals surface area contributed by atoms with Crippen molar-refractivity contribution in [3.8, 4) is 11.1 Å². The first kappa shape index (κ1) is 25.5. The van der Waals surface area contributed by atoms with E-state index in [4.69, 9.17) is 21.3 Å². The second-order valence-corrected chi connectivity index (χ2v) is 10.4. The summed E-state index contributed by atoms with van der Waals surface area (Å²) >= 11 is 6.83. The highest BCUT2D eigenvalue weighted by atomic mass is 35.5. The summed E-state index contributed by atoms with van der Waals surface area (Å²) in [6, 6.07) is 5.72. The number of aromatic amines is 1. The molecule has 0 spiro atoms. The molecule has 1 amide bonds. The lowest BCUT2D eigenvalue weighted by Crippen LogP contribution is -2.48. The lowest BCUT2D eigenvalue weighted by Gasteiger charge is -2.35. The summed E-state index contributed by atoms with van der Waals surface area (Å²) in [5.41, 5.74) is 2.83. The average Bonchev–Trinajstić information content (AvgIpc) is 3.43. The van der Waals surface area contributed by atoms with Crippen molar-refractivity contribution in [1.82, 2.24) is 25.1 Å². The molecule has 11 heteroatoms. The number of aryl methyl sites for hydroxylation is 1. The number of halogens is 2. The van der Waals surface area contributed by atoms with Crippen molar-refractivity contribution in [2.45, 2.75) is 25.8 Å². The molecule has 0 saturated carbocycles. The number of hydrogen-bond acceptors (Lipinski definition) is 7. The first-order valence-electron chi connectivity index (χ1n) is 13.1. The largest absolute Gasteiger partial charge is 0.381 e. The summed E-state index contributed by atoms with van der Waals surface area (Å²) in [5, 5.41) is 12.1. The third-order valence-electron chi connectivity index (χ3n) is 7.57. The minimum absolute atomic E-state index is 0.105. The number of H-pyrrole nitrogens is 1. The van der Waals surface area contributed by atoms with Crippen molar-refractivity contribution in [2.24, 2.45) is 0 Å². The van der Waals surface area contributed by atoms with Crippen molar-refractivity contribution in [3.05, 3.63) is 53.5 Å². The molecule has 4 aromatic rings. The van der Waals surface area contributed by atoms with Gasteiger partial charge in [-0.05, 0) is 43.5 Å². The summed E-state index contributed by atoms with van der Waals surface area (Å²) < 4.78 is 22.1. The van der Waals surface area contributed by atoms with Crippen molar-refractivity contribution < 1.29 is 13.9 Å². The maximum Gasteiger partial charge on any atom is 0.246 e. The minimum atomic E-state index is -0.506. The Bertz CT molecular complexity index is 1580. The van der Waals surface area contributed by atoms with Gasteiger partial charge in [-0.2, -0.15) is 10.1 Å². The van der Waals surface area contributed by atoms with Crippen molar-refractivity contribution in [3.63, 3.8) is 0 Å². The third kappa shape index (κ3) is 4.68. The van der Waals surface area contributed by atoms with Gasteiger partial charge < -0.3 is 19.9 Å².